The van der Waals surface area contributed by atoms with Crippen LogP contribution >= 0.6 is 0 Å². The third kappa shape index (κ3) is 5.08. The lowest BCUT2D eigenvalue weighted by Gasteiger charge is -2.30. The van der Waals surface area contributed by atoms with Gasteiger partial charge in [-0.2, -0.15) is 4.98 Å². The van der Waals surface area contributed by atoms with Gasteiger partial charge in [0.1, 0.15) is 11.6 Å². The first-order valence-corrected chi connectivity index (χ1v) is 11.8. The van der Waals surface area contributed by atoms with E-state index in [1.807, 2.05) is 19.1 Å². The fourth-order valence-corrected chi connectivity index (χ4v) is 4.41. The molecule has 5 heteroatoms. The molecule has 1 aliphatic rings. The lowest BCUT2D eigenvalue weighted by Crippen LogP contribution is -2.30. The van der Waals surface area contributed by atoms with E-state index in [4.69, 9.17) is 9.97 Å². The Morgan fingerprint density at radius 2 is 1.88 bits per heavy atom. The molecule has 0 saturated heterocycles. The summed E-state index contributed by atoms with van der Waals surface area (Å²) in [5.41, 5.74) is 6.82. The highest BCUT2D eigenvalue weighted by molar-refractivity contribution is 5.69. The fraction of sp³-hybridized carbons (Fsp3) is 0.357. The van der Waals surface area contributed by atoms with E-state index in [1.54, 1.807) is 12.1 Å². The van der Waals surface area contributed by atoms with Crippen LogP contribution in [-0.2, 0) is 0 Å². The van der Waals surface area contributed by atoms with Crippen LogP contribution in [0.5, 0.6) is 0 Å². The summed E-state index contributed by atoms with van der Waals surface area (Å²) in [7, 11) is 0. The van der Waals surface area contributed by atoms with Crippen molar-refractivity contribution in [2.24, 2.45) is 0 Å². The SMILES string of the molecule is CCN(c1nc(C)cc(N2CC=C(c3cccc(F)c3)CC2)n1)c1ccc(C(C)C)cc1C. The maximum atomic E-state index is 13.6. The number of aryl methyl sites for hydroxylation is 2. The molecule has 0 radical (unpaired) electrons. The first-order valence-electron chi connectivity index (χ1n) is 11.8. The summed E-state index contributed by atoms with van der Waals surface area (Å²) in [6, 6.07) is 15.6. The first-order chi connectivity index (χ1) is 15.9. The third-order valence-corrected chi connectivity index (χ3v) is 6.29. The van der Waals surface area contributed by atoms with E-state index in [-0.39, 0.29) is 5.82 Å². The Kier molecular flexibility index (Phi) is 6.77. The van der Waals surface area contributed by atoms with Crippen LogP contribution in [0.2, 0.25) is 0 Å². The van der Waals surface area contributed by atoms with Gasteiger partial charge in [0.15, 0.2) is 0 Å². The van der Waals surface area contributed by atoms with Gasteiger partial charge in [-0.1, -0.05) is 44.2 Å². The zero-order valence-electron chi connectivity index (χ0n) is 20.3. The number of benzene rings is 2. The maximum Gasteiger partial charge on any atom is 0.232 e. The van der Waals surface area contributed by atoms with Crippen molar-refractivity contribution in [1.82, 2.24) is 9.97 Å². The summed E-state index contributed by atoms with van der Waals surface area (Å²) in [4.78, 5) is 14.2. The van der Waals surface area contributed by atoms with Gasteiger partial charge in [0, 0.05) is 37.1 Å². The lowest BCUT2D eigenvalue weighted by molar-refractivity contribution is 0.627. The van der Waals surface area contributed by atoms with Crippen molar-refractivity contribution in [2.75, 3.05) is 29.4 Å². The lowest BCUT2D eigenvalue weighted by atomic mass is 9.99. The highest BCUT2D eigenvalue weighted by Gasteiger charge is 2.19. The van der Waals surface area contributed by atoms with E-state index < -0.39 is 0 Å². The van der Waals surface area contributed by atoms with E-state index in [0.29, 0.717) is 5.92 Å². The smallest absolute Gasteiger partial charge is 0.232 e. The van der Waals surface area contributed by atoms with E-state index in [9.17, 15) is 4.39 Å². The monoisotopic (exact) mass is 444 g/mol. The zero-order chi connectivity index (χ0) is 23.5. The molecule has 0 fully saturated rings. The molecular formula is C28H33FN4. The molecular weight excluding hydrogens is 411 g/mol. The molecule has 2 heterocycles. The normalized spacial score (nSPS) is 13.9. The summed E-state index contributed by atoms with van der Waals surface area (Å²) < 4.78 is 13.6. The highest BCUT2D eigenvalue weighted by atomic mass is 19.1. The van der Waals surface area contributed by atoms with Gasteiger partial charge in [-0.3, -0.25) is 0 Å². The van der Waals surface area contributed by atoms with E-state index in [2.05, 4.69) is 61.8 Å². The van der Waals surface area contributed by atoms with Crippen molar-refractivity contribution < 1.29 is 4.39 Å². The Hall–Kier alpha value is -3.21. The van der Waals surface area contributed by atoms with Crippen LogP contribution in [0.4, 0.5) is 21.8 Å². The van der Waals surface area contributed by atoms with Gasteiger partial charge in [-0.05, 0) is 73.6 Å². The van der Waals surface area contributed by atoms with Crippen LogP contribution < -0.4 is 9.80 Å². The third-order valence-electron chi connectivity index (χ3n) is 6.29. The fourth-order valence-electron chi connectivity index (χ4n) is 4.41. The maximum absolute atomic E-state index is 13.6. The van der Waals surface area contributed by atoms with Crippen LogP contribution in [0.1, 0.15) is 55.5 Å². The minimum absolute atomic E-state index is 0.191. The summed E-state index contributed by atoms with van der Waals surface area (Å²) in [6.07, 6.45) is 3.04. The Labute approximate surface area is 196 Å². The van der Waals surface area contributed by atoms with Crippen molar-refractivity contribution >= 4 is 23.0 Å². The second-order valence-corrected chi connectivity index (χ2v) is 9.05. The molecule has 0 N–H and O–H groups in total. The number of halogens is 1. The number of aromatic nitrogens is 2. The Bertz CT molecular complexity index is 1170. The van der Waals surface area contributed by atoms with Crippen LogP contribution in [0.3, 0.4) is 0 Å². The Morgan fingerprint density at radius 3 is 2.52 bits per heavy atom. The summed E-state index contributed by atoms with van der Waals surface area (Å²) >= 11 is 0. The number of rotatable bonds is 6. The van der Waals surface area contributed by atoms with Gasteiger partial charge in [0.25, 0.3) is 0 Å². The molecule has 0 atom stereocenters. The molecule has 2 aromatic carbocycles. The molecule has 4 rings (SSSR count). The second kappa shape index (κ2) is 9.74. The van der Waals surface area contributed by atoms with E-state index >= 15 is 0 Å². The standard InChI is InChI=1S/C28H33FN4/c1-6-33(26-11-10-23(19(2)3)16-20(26)4)28-30-21(5)17-27(31-28)32-14-12-22(13-15-32)24-8-7-9-25(29)18-24/h7-12,16-19H,6,13-15H2,1-5H3. The van der Waals surface area contributed by atoms with Gasteiger partial charge in [-0.15, -0.1) is 0 Å². The average Bonchev–Trinajstić information content (AvgIpc) is 2.80. The van der Waals surface area contributed by atoms with Gasteiger partial charge < -0.3 is 9.80 Å². The molecule has 172 valence electrons. The number of nitrogens with zero attached hydrogens (tertiary/aromatic N) is 4. The molecule has 0 saturated carbocycles. The molecule has 0 aliphatic carbocycles. The summed E-state index contributed by atoms with van der Waals surface area (Å²) in [6.45, 7) is 13.1. The molecule has 0 amide bonds. The predicted octanol–water partition coefficient (Wildman–Crippen LogP) is 6.81. The van der Waals surface area contributed by atoms with Crippen molar-refractivity contribution in [3.8, 4) is 0 Å². The molecule has 0 bridgehead atoms. The van der Waals surface area contributed by atoms with Gasteiger partial charge >= 0.3 is 0 Å². The quantitative estimate of drug-likeness (QED) is 0.418. The van der Waals surface area contributed by atoms with Crippen molar-refractivity contribution in [1.29, 1.82) is 0 Å². The predicted molar refractivity (Wildman–Crippen MR) is 136 cm³/mol. The molecule has 0 spiro atoms. The number of hydrogen-bond acceptors (Lipinski definition) is 4. The van der Waals surface area contributed by atoms with Gasteiger partial charge in [0.05, 0.1) is 0 Å². The van der Waals surface area contributed by atoms with Crippen molar-refractivity contribution in [2.45, 2.75) is 47.0 Å². The molecule has 33 heavy (non-hydrogen) atoms. The minimum atomic E-state index is -0.191. The van der Waals surface area contributed by atoms with Crippen LogP contribution in [0.25, 0.3) is 5.57 Å². The largest absolute Gasteiger partial charge is 0.352 e. The number of anilines is 3. The zero-order valence-corrected chi connectivity index (χ0v) is 20.3. The minimum Gasteiger partial charge on any atom is -0.352 e. The Balaban J connectivity index is 1.60. The van der Waals surface area contributed by atoms with Crippen LogP contribution in [-0.4, -0.2) is 29.6 Å². The van der Waals surface area contributed by atoms with E-state index in [1.165, 1.54) is 22.8 Å². The van der Waals surface area contributed by atoms with Gasteiger partial charge in [-0.25, -0.2) is 9.37 Å². The van der Waals surface area contributed by atoms with Crippen LogP contribution in [0.15, 0.2) is 54.6 Å². The molecule has 1 aromatic heterocycles. The molecule has 0 unspecified atom stereocenters. The summed E-state index contributed by atoms with van der Waals surface area (Å²) in [5, 5.41) is 0. The molecule has 4 nitrogen and oxygen atoms in total. The topological polar surface area (TPSA) is 32.3 Å². The first kappa shape index (κ1) is 23.0. The van der Waals surface area contributed by atoms with Crippen molar-refractivity contribution in [3.63, 3.8) is 0 Å². The summed E-state index contributed by atoms with van der Waals surface area (Å²) in [5.74, 6) is 1.97. The molecule has 1 aliphatic heterocycles. The Morgan fingerprint density at radius 1 is 1.06 bits per heavy atom. The average molecular weight is 445 g/mol. The van der Waals surface area contributed by atoms with E-state index in [0.717, 1.165) is 54.8 Å². The highest BCUT2D eigenvalue weighted by Crippen LogP contribution is 2.31. The molecule has 3 aromatic rings. The second-order valence-electron chi connectivity index (χ2n) is 9.05. The van der Waals surface area contributed by atoms with Gasteiger partial charge in [0.2, 0.25) is 5.95 Å². The van der Waals surface area contributed by atoms with Crippen molar-refractivity contribution in [3.05, 3.63) is 82.8 Å². The van der Waals surface area contributed by atoms with Crippen LogP contribution in [0, 0.1) is 19.7 Å². The number of hydrogen-bond donors (Lipinski definition) is 0.